The summed E-state index contributed by atoms with van der Waals surface area (Å²) in [6.07, 6.45) is 0.818. The van der Waals surface area contributed by atoms with Gasteiger partial charge in [0.2, 0.25) is 0 Å². The molecule has 1 amide bonds. The number of carbonyl (C=O) groups excluding carboxylic acids is 1. The maximum absolute atomic E-state index is 12.6. The minimum atomic E-state index is -3.72. The van der Waals surface area contributed by atoms with E-state index in [2.05, 4.69) is 30.8 Å². The summed E-state index contributed by atoms with van der Waals surface area (Å²) in [4.78, 5) is 12.7. The van der Waals surface area contributed by atoms with Crippen molar-refractivity contribution in [1.29, 1.82) is 0 Å². The zero-order chi connectivity index (χ0) is 21.2. The van der Waals surface area contributed by atoms with E-state index in [0.29, 0.717) is 11.3 Å². The molecule has 5 nitrogen and oxygen atoms in total. The van der Waals surface area contributed by atoms with Crippen molar-refractivity contribution < 1.29 is 13.2 Å². The van der Waals surface area contributed by atoms with Gasteiger partial charge in [0.05, 0.1) is 10.6 Å². The maximum atomic E-state index is 12.6. The average Bonchev–Trinajstić information content (AvgIpc) is 2.54. The molecule has 0 fully saturated rings. The zero-order valence-corrected chi connectivity index (χ0v) is 18.3. The van der Waals surface area contributed by atoms with Crippen molar-refractivity contribution in [1.82, 2.24) is 5.32 Å². The molecule has 0 atom stereocenters. The van der Waals surface area contributed by atoms with Crippen LogP contribution in [0.2, 0.25) is 0 Å². The Morgan fingerprint density at radius 3 is 2.04 bits per heavy atom. The van der Waals surface area contributed by atoms with E-state index in [-0.39, 0.29) is 21.8 Å². The van der Waals surface area contributed by atoms with Gasteiger partial charge in [-0.1, -0.05) is 39.0 Å². The molecule has 6 heteroatoms. The third-order valence-corrected chi connectivity index (χ3v) is 5.62. The number of benzene rings is 2. The van der Waals surface area contributed by atoms with E-state index in [1.54, 1.807) is 12.1 Å². The van der Waals surface area contributed by atoms with Gasteiger partial charge in [0.15, 0.2) is 0 Å². The third kappa shape index (κ3) is 6.09. The highest BCUT2D eigenvalue weighted by Gasteiger charge is 2.27. The summed E-state index contributed by atoms with van der Waals surface area (Å²) in [5.74, 6) is -0.218. The van der Waals surface area contributed by atoms with Crippen LogP contribution in [0.15, 0.2) is 53.4 Å². The fourth-order valence-electron chi connectivity index (χ4n) is 3.43. The van der Waals surface area contributed by atoms with E-state index in [1.165, 1.54) is 24.3 Å². The summed E-state index contributed by atoms with van der Waals surface area (Å²) in [6.45, 7) is 12.2. The molecular weight excluding hydrogens is 372 g/mol. The lowest BCUT2D eigenvalue weighted by atomic mass is 9.81. The van der Waals surface area contributed by atoms with Gasteiger partial charge < -0.3 is 5.32 Å². The second kappa shape index (κ2) is 7.95. The van der Waals surface area contributed by atoms with Crippen molar-refractivity contribution in [3.05, 3.63) is 59.7 Å². The van der Waals surface area contributed by atoms with E-state index >= 15 is 0 Å². The summed E-state index contributed by atoms with van der Waals surface area (Å²) in [5, 5.41) is 3.03. The van der Waals surface area contributed by atoms with E-state index in [9.17, 15) is 13.2 Å². The molecule has 0 unspecified atom stereocenters. The van der Waals surface area contributed by atoms with E-state index in [1.807, 2.05) is 32.9 Å². The number of rotatable bonds is 6. The quantitative estimate of drug-likeness (QED) is 0.733. The van der Waals surface area contributed by atoms with Crippen LogP contribution in [0.1, 0.15) is 57.0 Å². The SMILES string of the molecule is Cc1ccccc1NS(=O)(=O)c1ccc(C(=O)NC(C)(C)CC(C)(C)C)cc1. The van der Waals surface area contributed by atoms with E-state index in [4.69, 9.17) is 0 Å². The number of aryl methyl sites for hydroxylation is 1. The van der Waals surface area contributed by atoms with Gasteiger partial charge in [0.1, 0.15) is 0 Å². The molecule has 0 bridgehead atoms. The summed E-state index contributed by atoms with van der Waals surface area (Å²) in [5.41, 5.74) is 1.51. The summed E-state index contributed by atoms with van der Waals surface area (Å²) < 4.78 is 27.8. The second-order valence-corrected chi connectivity index (χ2v) is 10.7. The van der Waals surface area contributed by atoms with Crippen molar-refractivity contribution in [3.63, 3.8) is 0 Å². The minimum absolute atomic E-state index is 0.0793. The zero-order valence-electron chi connectivity index (χ0n) is 17.5. The van der Waals surface area contributed by atoms with Crippen LogP contribution < -0.4 is 10.0 Å². The first-order valence-corrected chi connectivity index (χ1v) is 10.8. The predicted molar refractivity (Wildman–Crippen MR) is 114 cm³/mol. The molecule has 2 aromatic rings. The lowest BCUT2D eigenvalue weighted by Gasteiger charge is -2.33. The van der Waals surface area contributed by atoms with Crippen molar-refractivity contribution in [2.75, 3.05) is 4.72 Å². The van der Waals surface area contributed by atoms with Gasteiger partial charge in [-0.05, 0) is 68.5 Å². The van der Waals surface area contributed by atoms with Gasteiger partial charge in [0.25, 0.3) is 15.9 Å². The van der Waals surface area contributed by atoms with Gasteiger partial charge in [-0.3, -0.25) is 9.52 Å². The summed E-state index contributed by atoms with van der Waals surface area (Å²) >= 11 is 0. The molecule has 0 aliphatic rings. The molecular formula is C22H30N2O3S. The van der Waals surface area contributed by atoms with Crippen molar-refractivity contribution in [2.45, 2.75) is 58.4 Å². The number of carbonyl (C=O) groups is 1. The Labute approximate surface area is 168 Å². The van der Waals surface area contributed by atoms with Crippen molar-refractivity contribution in [3.8, 4) is 0 Å². The molecule has 0 spiro atoms. The predicted octanol–water partition coefficient (Wildman–Crippen LogP) is 4.74. The standard InChI is InChI=1S/C22H30N2O3S/c1-16-9-7-8-10-19(16)24-28(26,27)18-13-11-17(12-14-18)20(25)23-22(5,6)15-21(2,3)4/h7-14,24H,15H2,1-6H3,(H,23,25). The van der Waals surface area contributed by atoms with Gasteiger partial charge in [-0.15, -0.1) is 0 Å². The molecule has 2 aromatic carbocycles. The molecule has 0 aliphatic carbocycles. The first-order valence-electron chi connectivity index (χ1n) is 9.30. The minimum Gasteiger partial charge on any atom is -0.347 e. The smallest absolute Gasteiger partial charge is 0.261 e. The second-order valence-electron chi connectivity index (χ2n) is 9.02. The molecule has 2 rings (SSSR count). The van der Waals surface area contributed by atoms with Crippen LogP contribution in [0.3, 0.4) is 0 Å². The van der Waals surface area contributed by atoms with Crippen LogP contribution in [-0.4, -0.2) is 19.9 Å². The van der Waals surface area contributed by atoms with Gasteiger partial charge >= 0.3 is 0 Å². The fourth-order valence-corrected chi connectivity index (χ4v) is 4.56. The summed E-state index contributed by atoms with van der Waals surface area (Å²) in [7, 11) is -3.72. The maximum Gasteiger partial charge on any atom is 0.261 e. The van der Waals surface area contributed by atoms with Crippen LogP contribution in [0.5, 0.6) is 0 Å². The Morgan fingerprint density at radius 2 is 1.50 bits per heavy atom. The Bertz CT molecular complexity index is 940. The molecule has 0 saturated carbocycles. The molecule has 0 aliphatic heterocycles. The highest BCUT2D eigenvalue weighted by atomic mass is 32.2. The number of nitrogens with one attached hydrogen (secondary N) is 2. The molecule has 0 aromatic heterocycles. The molecule has 152 valence electrons. The van der Waals surface area contributed by atoms with Crippen LogP contribution in [0.25, 0.3) is 0 Å². The third-order valence-electron chi connectivity index (χ3n) is 4.24. The topological polar surface area (TPSA) is 75.3 Å². The molecule has 0 radical (unpaired) electrons. The fraction of sp³-hybridized carbons (Fsp3) is 0.409. The Balaban J connectivity index is 2.14. The highest BCUT2D eigenvalue weighted by Crippen LogP contribution is 2.27. The van der Waals surface area contributed by atoms with E-state index < -0.39 is 10.0 Å². The van der Waals surface area contributed by atoms with Gasteiger partial charge in [-0.25, -0.2) is 8.42 Å². The molecule has 0 saturated heterocycles. The lowest BCUT2D eigenvalue weighted by Crippen LogP contribution is -2.45. The number of para-hydroxylation sites is 1. The lowest BCUT2D eigenvalue weighted by molar-refractivity contribution is 0.0891. The van der Waals surface area contributed by atoms with Gasteiger partial charge in [-0.2, -0.15) is 0 Å². The number of amides is 1. The number of sulfonamides is 1. The van der Waals surface area contributed by atoms with Crippen molar-refractivity contribution in [2.24, 2.45) is 5.41 Å². The number of hydrogen-bond acceptors (Lipinski definition) is 3. The van der Waals surface area contributed by atoms with Crippen LogP contribution in [0.4, 0.5) is 5.69 Å². The number of anilines is 1. The van der Waals surface area contributed by atoms with Crippen molar-refractivity contribution >= 4 is 21.6 Å². The monoisotopic (exact) mass is 402 g/mol. The Hall–Kier alpha value is -2.34. The summed E-state index contributed by atoms with van der Waals surface area (Å²) in [6, 6.07) is 13.2. The molecule has 2 N–H and O–H groups in total. The normalized spacial score (nSPS) is 12.5. The van der Waals surface area contributed by atoms with Gasteiger partial charge in [0, 0.05) is 11.1 Å². The highest BCUT2D eigenvalue weighted by molar-refractivity contribution is 7.92. The Kier molecular flexibility index (Phi) is 6.24. The Morgan fingerprint density at radius 1 is 0.929 bits per heavy atom. The molecule has 0 heterocycles. The first kappa shape index (κ1) is 22.0. The average molecular weight is 403 g/mol. The van der Waals surface area contributed by atoms with Crippen LogP contribution >= 0.6 is 0 Å². The van der Waals surface area contributed by atoms with E-state index in [0.717, 1.165) is 12.0 Å². The largest absolute Gasteiger partial charge is 0.347 e. The first-order chi connectivity index (χ1) is 12.8. The van der Waals surface area contributed by atoms with Crippen LogP contribution in [0, 0.1) is 12.3 Å². The van der Waals surface area contributed by atoms with Crippen LogP contribution in [-0.2, 0) is 10.0 Å². The number of hydrogen-bond donors (Lipinski definition) is 2. The molecule has 28 heavy (non-hydrogen) atoms.